The molecule has 0 atom stereocenters. The summed E-state index contributed by atoms with van der Waals surface area (Å²) in [6, 6.07) is 4.66. The Balaban J connectivity index is 1.70. The summed E-state index contributed by atoms with van der Waals surface area (Å²) < 4.78 is 18.8. The number of aryl methyl sites for hydroxylation is 2. The minimum Gasteiger partial charge on any atom is -0.339 e. The summed E-state index contributed by atoms with van der Waals surface area (Å²) in [7, 11) is 2.98. The maximum Gasteiger partial charge on any atom is 0.332 e. The minimum absolute atomic E-state index is 0.0957. The third-order valence-corrected chi connectivity index (χ3v) is 5.60. The van der Waals surface area contributed by atoms with Crippen molar-refractivity contribution in [3.63, 3.8) is 0 Å². The second kappa shape index (κ2) is 8.95. The number of hydrogen-bond donors (Lipinski definition) is 0. The SMILES string of the molecule is CCN(Cc1cc(Br)ccc1F)C(=O)CCCn1cnc2c1c(=O)n(C)c(=O)n2C. The number of hydrogen-bond acceptors (Lipinski definition) is 4. The molecule has 10 heteroatoms. The fraction of sp³-hybridized carbons (Fsp3) is 0.400. The smallest absolute Gasteiger partial charge is 0.332 e. The summed E-state index contributed by atoms with van der Waals surface area (Å²) >= 11 is 3.32. The zero-order valence-corrected chi connectivity index (χ0v) is 18.6. The molecule has 0 aliphatic carbocycles. The van der Waals surface area contributed by atoms with E-state index in [0.29, 0.717) is 36.2 Å². The third kappa shape index (κ3) is 4.23. The topological polar surface area (TPSA) is 82.1 Å². The van der Waals surface area contributed by atoms with Crippen LogP contribution in [0.5, 0.6) is 0 Å². The number of amides is 1. The van der Waals surface area contributed by atoms with Gasteiger partial charge >= 0.3 is 5.69 Å². The first kappa shape index (κ1) is 21.9. The van der Waals surface area contributed by atoms with Crippen LogP contribution in [0.2, 0.25) is 0 Å². The lowest BCUT2D eigenvalue weighted by Crippen LogP contribution is -2.37. The summed E-state index contributed by atoms with van der Waals surface area (Å²) in [6.45, 7) is 2.90. The molecular weight excluding hydrogens is 457 g/mol. The van der Waals surface area contributed by atoms with Crippen LogP contribution < -0.4 is 11.2 Å². The van der Waals surface area contributed by atoms with Gasteiger partial charge in [0.05, 0.1) is 6.33 Å². The van der Waals surface area contributed by atoms with Crippen molar-refractivity contribution >= 4 is 33.0 Å². The van der Waals surface area contributed by atoms with E-state index in [1.807, 2.05) is 6.92 Å². The number of benzene rings is 1. The number of halogens is 2. The van der Waals surface area contributed by atoms with Crippen LogP contribution in [0.25, 0.3) is 11.2 Å². The van der Waals surface area contributed by atoms with E-state index in [9.17, 15) is 18.8 Å². The lowest BCUT2D eigenvalue weighted by molar-refractivity contribution is -0.131. The summed E-state index contributed by atoms with van der Waals surface area (Å²) in [5, 5.41) is 0. The van der Waals surface area contributed by atoms with Gasteiger partial charge in [-0.15, -0.1) is 0 Å². The molecule has 3 rings (SSSR count). The maximum absolute atomic E-state index is 14.0. The molecule has 0 aliphatic heterocycles. The van der Waals surface area contributed by atoms with E-state index >= 15 is 0 Å². The average molecular weight is 480 g/mol. The Morgan fingerprint density at radius 1 is 1.23 bits per heavy atom. The number of fused-ring (bicyclic) bond motifs is 1. The fourth-order valence-electron chi connectivity index (χ4n) is 3.37. The Bertz CT molecular complexity index is 1210. The van der Waals surface area contributed by atoms with Crippen LogP contribution in [-0.4, -0.2) is 36.0 Å². The van der Waals surface area contributed by atoms with Gasteiger partial charge in [0.25, 0.3) is 5.56 Å². The highest BCUT2D eigenvalue weighted by atomic mass is 79.9. The molecule has 0 saturated heterocycles. The molecular formula is C20H23BrFN5O3. The van der Waals surface area contributed by atoms with Gasteiger partial charge in [-0.1, -0.05) is 15.9 Å². The monoisotopic (exact) mass is 479 g/mol. The zero-order chi connectivity index (χ0) is 22.0. The fourth-order valence-corrected chi connectivity index (χ4v) is 3.78. The van der Waals surface area contributed by atoms with Crippen molar-refractivity contribution in [2.24, 2.45) is 14.1 Å². The van der Waals surface area contributed by atoms with Gasteiger partial charge in [-0.05, 0) is 31.5 Å². The van der Waals surface area contributed by atoms with Crippen LogP contribution in [0, 0.1) is 5.82 Å². The number of aromatic nitrogens is 4. The third-order valence-electron chi connectivity index (χ3n) is 5.11. The van der Waals surface area contributed by atoms with E-state index < -0.39 is 11.2 Å². The molecule has 0 fully saturated rings. The highest BCUT2D eigenvalue weighted by Crippen LogP contribution is 2.18. The van der Waals surface area contributed by atoms with Crippen molar-refractivity contribution in [1.82, 2.24) is 23.6 Å². The maximum atomic E-state index is 14.0. The standard InChI is InChI=1S/C20H23BrFN5O3/c1-4-26(11-13-10-14(21)7-8-15(13)22)16(28)6-5-9-27-12-23-18-17(27)19(29)25(3)20(30)24(18)2/h7-8,10,12H,4-6,9,11H2,1-3H3. The number of carbonyl (C=O) groups excluding carboxylic acids is 1. The Morgan fingerprint density at radius 2 is 1.97 bits per heavy atom. The van der Waals surface area contributed by atoms with E-state index in [2.05, 4.69) is 20.9 Å². The summed E-state index contributed by atoms with van der Waals surface area (Å²) in [5.74, 6) is -0.447. The van der Waals surface area contributed by atoms with E-state index in [1.54, 1.807) is 28.6 Å². The Kier molecular flexibility index (Phi) is 6.55. The molecule has 2 heterocycles. The molecule has 30 heavy (non-hydrogen) atoms. The molecule has 0 saturated carbocycles. The molecule has 0 spiro atoms. The molecule has 0 aliphatic rings. The largest absolute Gasteiger partial charge is 0.339 e. The molecule has 1 amide bonds. The lowest BCUT2D eigenvalue weighted by Gasteiger charge is -2.21. The van der Waals surface area contributed by atoms with Crippen LogP contribution in [0.15, 0.2) is 38.6 Å². The van der Waals surface area contributed by atoms with Gasteiger partial charge in [-0.25, -0.2) is 14.2 Å². The van der Waals surface area contributed by atoms with Crippen molar-refractivity contribution in [3.8, 4) is 0 Å². The van der Waals surface area contributed by atoms with Gasteiger partial charge < -0.3 is 9.47 Å². The Hall–Kier alpha value is -2.75. The van der Waals surface area contributed by atoms with E-state index in [-0.39, 0.29) is 24.7 Å². The van der Waals surface area contributed by atoms with E-state index in [4.69, 9.17) is 0 Å². The molecule has 160 valence electrons. The van der Waals surface area contributed by atoms with E-state index in [1.165, 1.54) is 24.0 Å². The van der Waals surface area contributed by atoms with Crippen LogP contribution in [0.3, 0.4) is 0 Å². The Labute approximate surface area is 180 Å². The lowest BCUT2D eigenvalue weighted by atomic mass is 10.2. The predicted octanol–water partition coefficient (Wildman–Crippen LogP) is 2.16. The number of carbonyl (C=O) groups is 1. The van der Waals surface area contributed by atoms with Crippen molar-refractivity contribution in [3.05, 3.63) is 61.2 Å². The zero-order valence-electron chi connectivity index (χ0n) is 17.1. The highest BCUT2D eigenvalue weighted by molar-refractivity contribution is 9.10. The second-order valence-electron chi connectivity index (χ2n) is 7.06. The molecule has 3 aromatic rings. The van der Waals surface area contributed by atoms with Crippen molar-refractivity contribution in [2.45, 2.75) is 32.9 Å². The van der Waals surface area contributed by atoms with Crippen LogP contribution in [0.1, 0.15) is 25.3 Å². The summed E-state index contributed by atoms with van der Waals surface area (Å²) in [4.78, 5) is 42.9. The van der Waals surface area contributed by atoms with Crippen molar-refractivity contribution in [2.75, 3.05) is 6.54 Å². The summed E-state index contributed by atoms with van der Waals surface area (Å²) in [6.07, 6.45) is 2.23. The van der Waals surface area contributed by atoms with Gasteiger partial charge in [0.2, 0.25) is 5.91 Å². The number of imidazole rings is 1. The van der Waals surface area contributed by atoms with Crippen molar-refractivity contribution in [1.29, 1.82) is 0 Å². The molecule has 8 nitrogen and oxygen atoms in total. The molecule has 1 aromatic carbocycles. The van der Waals surface area contributed by atoms with Gasteiger partial charge in [0.15, 0.2) is 11.2 Å². The minimum atomic E-state index is -0.439. The van der Waals surface area contributed by atoms with Gasteiger partial charge in [0, 0.05) is 50.2 Å². The molecule has 0 N–H and O–H groups in total. The molecule has 0 radical (unpaired) electrons. The highest BCUT2D eigenvalue weighted by Gasteiger charge is 2.17. The molecule has 0 bridgehead atoms. The van der Waals surface area contributed by atoms with Crippen LogP contribution >= 0.6 is 15.9 Å². The Morgan fingerprint density at radius 3 is 2.67 bits per heavy atom. The van der Waals surface area contributed by atoms with Gasteiger partial charge in [-0.3, -0.25) is 18.7 Å². The predicted molar refractivity (Wildman–Crippen MR) is 115 cm³/mol. The normalized spacial score (nSPS) is 11.2. The second-order valence-corrected chi connectivity index (χ2v) is 7.98. The number of rotatable bonds is 7. The first-order chi connectivity index (χ1) is 14.2. The van der Waals surface area contributed by atoms with Crippen molar-refractivity contribution < 1.29 is 9.18 Å². The average Bonchev–Trinajstić information content (AvgIpc) is 3.15. The number of nitrogens with zero attached hydrogens (tertiary/aromatic N) is 5. The summed E-state index contributed by atoms with van der Waals surface area (Å²) in [5.41, 5.74) is 0.235. The first-order valence-corrected chi connectivity index (χ1v) is 10.4. The van der Waals surface area contributed by atoms with E-state index in [0.717, 1.165) is 9.04 Å². The quantitative estimate of drug-likeness (QED) is 0.519. The first-order valence-electron chi connectivity index (χ1n) is 9.57. The van der Waals surface area contributed by atoms with Gasteiger partial charge in [-0.2, -0.15) is 0 Å². The van der Waals surface area contributed by atoms with Gasteiger partial charge in [0.1, 0.15) is 5.82 Å². The molecule has 0 unspecified atom stereocenters. The molecule has 2 aromatic heterocycles. The van der Waals surface area contributed by atoms with Crippen LogP contribution in [0.4, 0.5) is 4.39 Å². The van der Waals surface area contributed by atoms with Crippen LogP contribution in [-0.2, 0) is 32.0 Å².